The van der Waals surface area contributed by atoms with Crippen LogP contribution in [-0.2, 0) is 0 Å². The number of H-pyrrole nitrogens is 1. The Morgan fingerprint density at radius 1 is 1.26 bits per heavy atom. The molecule has 1 aromatic carbocycles. The van der Waals surface area contributed by atoms with E-state index in [1.807, 2.05) is 0 Å². The van der Waals surface area contributed by atoms with Gasteiger partial charge >= 0.3 is 0 Å². The standard InChI is InChI=1S/C13H14FN3O2/c1-13(2,3)11(18)10-12(16-17-15-10)19-9-6-4-8(14)5-7-9/h4-7H,1-3H3,(H,15,16,17). The molecule has 1 aromatic heterocycles. The Kier molecular flexibility index (Phi) is 3.33. The van der Waals surface area contributed by atoms with Crippen molar-refractivity contribution in [3.8, 4) is 11.6 Å². The van der Waals surface area contributed by atoms with Crippen molar-refractivity contribution >= 4 is 5.78 Å². The fourth-order valence-corrected chi connectivity index (χ4v) is 1.43. The number of aromatic amines is 1. The maximum Gasteiger partial charge on any atom is 0.269 e. The van der Waals surface area contributed by atoms with Gasteiger partial charge in [0.25, 0.3) is 5.88 Å². The minimum Gasteiger partial charge on any atom is -0.436 e. The highest BCUT2D eigenvalue weighted by molar-refractivity contribution is 5.99. The highest BCUT2D eigenvalue weighted by atomic mass is 19.1. The maximum atomic E-state index is 12.8. The molecule has 0 radical (unpaired) electrons. The predicted octanol–water partition coefficient (Wildman–Crippen LogP) is 2.96. The molecule has 0 fully saturated rings. The van der Waals surface area contributed by atoms with Crippen LogP contribution in [-0.4, -0.2) is 21.2 Å². The van der Waals surface area contributed by atoms with Crippen molar-refractivity contribution in [2.45, 2.75) is 20.8 Å². The number of aromatic nitrogens is 3. The minimum absolute atomic E-state index is 0.0894. The summed E-state index contributed by atoms with van der Waals surface area (Å²) in [5.41, 5.74) is -0.369. The lowest BCUT2D eigenvalue weighted by molar-refractivity contribution is 0.0850. The zero-order chi connectivity index (χ0) is 14.0. The van der Waals surface area contributed by atoms with E-state index in [1.165, 1.54) is 24.3 Å². The second-order valence-corrected chi connectivity index (χ2v) is 5.13. The molecule has 0 atom stereocenters. The number of hydrogen-bond acceptors (Lipinski definition) is 4. The summed E-state index contributed by atoms with van der Waals surface area (Å²) in [6.07, 6.45) is 0. The first kappa shape index (κ1) is 13.2. The van der Waals surface area contributed by atoms with Gasteiger partial charge in [-0.2, -0.15) is 0 Å². The molecule has 2 rings (SSSR count). The van der Waals surface area contributed by atoms with E-state index >= 15 is 0 Å². The lowest BCUT2D eigenvalue weighted by Gasteiger charge is -2.15. The van der Waals surface area contributed by atoms with Crippen LogP contribution in [0.5, 0.6) is 11.6 Å². The average molecular weight is 263 g/mol. The molecule has 0 unspecified atom stereocenters. The summed E-state index contributed by atoms with van der Waals surface area (Å²) in [7, 11) is 0. The number of hydrogen-bond donors (Lipinski definition) is 1. The first-order valence-electron chi connectivity index (χ1n) is 5.77. The number of nitrogens with one attached hydrogen (secondary N) is 1. The average Bonchev–Trinajstić information content (AvgIpc) is 2.78. The molecule has 0 saturated heterocycles. The molecule has 0 bridgehead atoms. The number of rotatable bonds is 3. The number of nitrogens with zero attached hydrogens (tertiary/aromatic N) is 2. The van der Waals surface area contributed by atoms with Crippen molar-refractivity contribution in [2.24, 2.45) is 5.41 Å². The van der Waals surface area contributed by atoms with Gasteiger partial charge in [-0.15, -0.1) is 0 Å². The lowest BCUT2D eigenvalue weighted by atomic mass is 9.89. The normalized spacial score (nSPS) is 11.4. The summed E-state index contributed by atoms with van der Waals surface area (Å²) in [4.78, 5) is 12.1. The van der Waals surface area contributed by atoms with Crippen LogP contribution in [0.25, 0.3) is 0 Å². The molecule has 5 nitrogen and oxygen atoms in total. The van der Waals surface area contributed by atoms with Gasteiger partial charge in [-0.05, 0) is 24.3 Å². The number of ether oxygens (including phenoxy) is 1. The Labute approximate surface area is 109 Å². The SMILES string of the molecule is CC(C)(C)C(=O)c1[nH]nnc1Oc1ccc(F)cc1. The number of Topliss-reactive ketones (excluding diaryl/α,β-unsaturated/α-hetero) is 1. The van der Waals surface area contributed by atoms with Gasteiger partial charge in [0.05, 0.1) is 0 Å². The van der Waals surface area contributed by atoms with Crippen molar-refractivity contribution in [2.75, 3.05) is 0 Å². The van der Waals surface area contributed by atoms with E-state index in [-0.39, 0.29) is 23.2 Å². The molecule has 0 aliphatic carbocycles. The molecule has 6 heteroatoms. The van der Waals surface area contributed by atoms with Crippen LogP contribution >= 0.6 is 0 Å². The van der Waals surface area contributed by atoms with E-state index in [0.29, 0.717) is 5.75 Å². The summed E-state index contributed by atoms with van der Waals surface area (Å²) in [5, 5.41) is 9.84. The van der Waals surface area contributed by atoms with E-state index in [4.69, 9.17) is 4.74 Å². The van der Waals surface area contributed by atoms with Crippen molar-refractivity contribution < 1.29 is 13.9 Å². The quantitative estimate of drug-likeness (QED) is 0.864. The summed E-state index contributed by atoms with van der Waals surface area (Å²) >= 11 is 0. The second kappa shape index (κ2) is 4.79. The van der Waals surface area contributed by atoms with E-state index < -0.39 is 5.41 Å². The molecular weight excluding hydrogens is 249 g/mol. The number of benzene rings is 1. The fourth-order valence-electron chi connectivity index (χ4n) is 1.43. The zero-order valence-corrected chi connectivity index (χ0v) is 10.9. The number of carbonyl (C=O) groups excluding carboxylic acids is 1. The summed E-state index contributed by atoms with van der Waals surface area (Å²) in [6, 6.07) is 5.44. The topological polar surface area (TPSA) is 67.9 Å². The third-order valence-electron chi connectivity index (χ3n) is 2.45. The molecule has 0 aliphatic heterocycles. The first-order chi connectivity index (χ1) is 8.88. The third kappa shape index (κ3) is 2.96. The van der Waals surface area contributed by atoms with Crippen LogP contribution in [0.4, 0.5) is 4.39 Å². The smallest absolute Gasteiger partial charge is 0.269 e. The maximum absolute atomic E-state index is 12.8. The number of carbonyl (C=O) groups is 1. The molecular formula is C13H14FN3O2. The Morgan fingerprint density at radius 2 is 1.89 bits per heavy atom. The minimum atomic E-state index is -0.574. The molecule has 0 spiro atoms. The van der Waals surface area contributed by atoms with E-state index in [1.54, 1.807) is 20.8 Å². The van der Waals surface area contributed by atoms with Crippen molar-refractivity contribution in [3.05, 3.63) is 35.8 Å². The van der Waals surface area contributed by atoms with Crippen LogP contribution in [0, 0.1) is 11.2 Å². The monoisotopic (exact) mass is 263 g/mol. The fraction of sp³-hybridized carbons (Fsp3) is 0.308. The Morgan fingerprint density at radius 3 is 2.47 bits per heavy atom. The highest BCUT2D eigenvalue weighted by Crippen LogP contribution is 2.27. The van der Waals surface area contributed by atoms with Crippen LogP contribution in [0.1, 0.15) is 31.3 Å². The molecule has 2 aromatic rings. The van der Waals surface area contributed by atoms with Crippen molar-refractivity contribution in [1.29, 1.82) is 0 Å². The van der Waals surface area contributed by atoms with Gasteiger partial charge in [0.15, 0.2) is 11.5 Å². The third-order valence-corrected chi connectivity index (χ3v) is 2.45. The van der Waals surface area contributed by atoms with Crippen molar-refractivity contribution in [3.63, 3.8) is 0 Å². The number of halogens is 1. The number of ketones is 1. The van der Waals surface area contributed by atoms with Crippen LogP contribution in [0.2, 0.25) is 0 Å². The molecule has 0 amide bonds. The first-order valence-corrected chi connectivity index (χ1v) is 5.77. The molecule has 0 aliphatic rings. The van der Waals surface area contributed by atoms with Gasteiger partial charge in [0, 0.05) is 5.41 Å². The summed E-state index contributed by atoms with van der Waals surface area (Å²) in [5.74, 6) is -0.0436. The van der Waals surface area contributed by atoms with Crippen LogP contribution in [0.15, 0.2) is 24.3 Å². The van der Waals surface area contributed by atoms with Gasteiger partial charge in [-0.25, -0.2) is 4.39 Å². The highest BCUT2D eigenvalue weighted by Gasteiger charge is 2.28. The molecule has 0 saturated carbocycles. The van der Waals surface area contributed by atoms with E-state index in [9.17, 15) is 9.18 Å². The van der Waals surface area contributed by atoms with Crippen molar-refractivity contribution in [1.82, 2.24) is 15.4 Å². The molecule has 100 valence electrons. The molecule has 19 heavy (non-hydrogen) atoms. The van der Waals surface area contributed by atoms with Crippen LogP contribution in [0.3, 0.4) is 0 Å². The van der Waals surface area contributed by atoms with E-state index in [0.717, 1.165) is 0 Å². The van der Waals surface area contributed by atoms with Gasteiger partial charge in [0.1, 0.15) is 11.6 Å². The predicted molar refractivity (Wildman–Crippen MR) is 66.6 cm³/mol. The van der Waals surface area contributed by atoms with Gasteiger partial charge < -0.3 is 4.74 Å². The Hall–Kier alpha value is -2.24. The van der Waals surface area contributed by atoms with Gasteiger partial charge in [0.2, 0.25) is 0 Å². The summed E-state index contributed by atoms with van der Waals surface area (Å²) in [6.45, 7) is 5.37. The zero-order valence-electron chi connectivity index (χ0n) is 10.9. The second-order valence-electron chi connectivity index (χ2n) is 5.13. The molecule has 1 N–H and O–H groups in total. The Bertz CT molecular complexity index is 585. The van der Waals surface area contributed by atoms with Gasteiger partial charge in [-0.3, -0.25) is 9.89 Å². The molecule has 1 heterocycles. The largest absolute Gasteiger partial charge is 0.436 e. The lowest BCUT2D eigenvalue weighted by Crippen LogP contribution is -2.21. The Balaban J connectivity index is 2.25. The van der Waals surface area contributed by atoms with Crippen LogP contribution < -0.4 is 4.74 Å². The van der Waals surface area contributed by atoms with E-state index in [2.05, 4.69) is 15.4 Å². The summed E-state index contributed by atoms with van der Waals surface area (Å²) < 4.78 is 18.2. The van der Waals surface area contributed by atoms with Gasteiger partial charge in [-0.1, -0.05) is 31.1 Å².